The van der Waals surface area contributed by atoms with Crippen molar-refractivity contribution < 1.29 is 26.2 Å². The second kappa shape index (κ2) is 12.9. The fourth-order valence-corrected chi connectivity index (χ4v) is 4.36. The summed E-state index contributed by atoms with van der Waals surface area (Å²) in [4.78, 5) is 4.59. The molecule has 0 fully saturated rings. The number of fused-ring (bicyclic) bond motifs is 3. The second-order valence-electron chi connectivity index (χ2n) is 8.57. The van der Waals surface area contributed by atoms with Crippen molar-refractivity contribution in [2.45, 2.75) is 33.4 Å². The number of benzene rings is 3. The van der Waals surface area contributed by atoms with Crippen LogP contribution in [0.1, 0.15) is 18.1 Å². The van der Waals surface area contributed by atoms with Crippen molar-refractivity contribution in [1.29, 1.82) is 0 Å². The smallest absolute Gasteiger partial charge is 0.256 e. The predicted octanol–water partition coefficient (Wildman–Crippen LogP) is 8.99. The molecule has 1 nitrogen and oxygen atoms in total. The number of nitrogens with zero attached hydrogens (tertiary/aromatic N) is 1. The minimum atomic E-state index is 0. The minimum Gasteiger partial charge on any atom is -0.256 e. The van der Waals surface area contributed by atoms with Crippen LogP contribution in [0.2, 0.25) is 13.1 Å². The van der Waals surface area contributed by atoms with Crippen LogP contribution in [0, 0.1) is 6.92 Å². The molecule has 3 heteroatoms. The molecule has 0 N–H and O–H groups in total. The Hall–Kier alpha value is -2.61. The number of para-hydroxylation sites is 1. The van der Waals surface area contributed by atoms with Crippen molar-refractivity contribution in [3.05, 3.63) is 114 Å². The van der Waals surface area contributed by atoms with Gasteiger partial charge < -0.3 is 0 Å². The molecule has 6 aromatic rings. The molecule has 0 aliphatic rings. The maximum atomic E-state index is 4.59. The van der Waals surface area contributed by atoms with E-state index < -0.39 is 0 Å². The summed E-state index contributed by atoms with van der Waals surface area (Å²) in [5.41, 5.74) is 6.31. The van der Waals surface area contributed by atoms with Crippen LogP contribution < -0.4 is 0 Å². The van der Waals surface area contributed by atoms with Gasteiger partial charge in [-0.3, -0.25) is 4.98 Å². The van der Waals surface area contributed by atoms with Crippen molar-refractivity contribution in [2.24, 2.45) is 0 Å². The van der Waals surface area contributed by atoms with Crippen LogP contribution in [0.3, 0.4) is 0 Å². The van der Waals surface area contributed by atoms with Gasteiger partial charge in [-0.05, 0) is 18.1 Å². The Morgan fingerprint density at radius 2 is 1.40 bits per heavy atom. The summed E-state index contributed by atoms with van der Waals surface area (Å²) in [6.45, 7) is 8.63. The van der Waals surface area contributed by atoms with Crippen molar-refractivity contribution in [1.82, 2.24) is 4.98 Å². The largest absolute Gasteiger partial charge is 2.00 e. The van der Waals surface area contributed by atoms with E-state index in [1.807, 2.05) is 12.3 Å². The molecule has 1 aromatic heterocycles. The van der Waals surface area contributed by atoms with E-state index >= 15 is 0 Å². The van der Waals surface area contributed by atoms with Crippen molar-refractivity contribution in [3.8, 4) is 11.1 Å². The number of rotatable bonds is 2. The van der Waals surface area contributed by atoms with Gasteiger partial charge in [0, 0.05) is 21.1 Å². The average Bonchev–Trinajstić information content (AvgIpc) is 3.46. The van der Waals surface area contributed by atoms with Gasteiger partial charge in [-0.25, -0.2) is 0 Å². The third-order valence-corrected chi connectivity index (χ3v) is 5.90. The Kier molecular flexibility index (Phi) is 9.95. The average molecular weight is 549 g/mol. The van der Waals surface area contributed by atoms with Gasteiger partial charge in [0.2, 0.25) is 0 Å². The molecule has 0 aliphatic heterocycles. The van der Waals surface area contributed by atoms with E-state index in [0.29, 0.717) is 0 Å². The number of pyridine rings is 1. The van der Waals surface area contributed by atoms with E-state index in [-0.39, 0.29) is 26.2 Å². The molecule has 172 valence electrons. The zero-order chi connectivity index (χ0) is 23.9. The van der Waals surface area contributed by atoms with Gasteiger partial charge in [0.1, 0.15) is 0 Å². The van der Waals surface area contributed by atoms with Crippen LogP contribution in [-0.4, -0.2) is 14.5 Å². The van der Waals surface area contributed by atoms with Gasteiger partial charge >= 0.3 is 26.2 Å². The summed E-state index contributed by atoms with van der Waals surface area (Å²) in [5, 5.41) is 6.53. The van der Waals surface area contributed by atoms with E-state index in [1.54, 1.807) is 0 Å². The summed E-state index contributed by atoms with van der Waals surface area (Å²) in [6.07, 6.45) is 2.94. The standard InChI is InChI=1S/C20H16N.C10H9.C2H6Si.Zr/c1-2-14-12-16-7-4-9-17(19(16)13-14)18-10-3-6-15-8-5-11-21-20(15)18;1-8-6-9-4-2-3-5-10(9)7-8;1-3-2;/h3-13H,2H2,1H3;2-7H,1H3;1-2H3;/q2*-1;;+2. The van der Waals surface area contributed by atoms with Crippen LogP contribution >= 0.6 is 0 Å². The Bertz CT molecular complexity index is 1470. The first kappa shape index (κ1) is 27.0. The van der Waals surface area contributed by atoms with E-state index in [0.717, 1.165) is 21.5 Å². The topological polar surface area (TPSA) is 12.9 Å². The first-order valence-electron chi connectivity index (χ1n) is 11.9. The third-order valence-electron chi connectivity index (χ3n) is 5.90. The Morgan fingerprint density at radius 3 is 2.17 bits per heavy atom. The van der Waals surface area contributed by atoms with Crippen molar-refractivity contribution >= 4 is 42.0 Å². The molecule has 0 amide bonds. The number of hydrogen-bond donors (Lipinski definition) is 0. The van der Waals surface area contributed by atoms with E-state index in [1.165, 1.54) is 49.2 Å². The molecule has 0 aliphatic carbocycles. The molecule has 0 saturated carbocycles. The summed E-state index contributed by atoms with van der Waals surface area (Å²) in [5.74, 6) is 0. The number of hydrogen-bond acceptors (Lipinski definition) is 1. The van der Waals surface area contributed by atoms with E-state index in [2.05, 4.69) is 123 Å². The molecular formula is C32H31NSiZr. The quantitative estimate of drug-likeness (QED) is 0.155. The van der Waals surface area contributed by atoms with Gasteiger partial charge in [0.25, 0.3) is 0 Å². The Labute approximate surface area is 230 Å². The van der Waals surface area contributed by atoms with E-state index in [9.17, 15) is 0 Å². The second-order valence-corrected chi connectivity index (χ2v) is 9.57. The molecule has 0 spiro atoms. The fourth-order valence-electron chi connectivity index (χ4n) is 4.36. The van der Waals surface area contributed by atoms with E-state index in [4.69, 9.17) is 0 Å². The van der Waals surface area contributed by atoms with Crippen LogP contribution in [0.4, 0.5) is 0 Å². The van der Waals surface area contributed by atoms with Crippen LogP contribution in [0.5, 0.6) is 0 Å². The minimum absolute atomic E-state index is 0. The van der Waals surface area contributed by atoms with Crippen LogP contribution in [0.25, 0.3) is 43.6 Å². The number of aryl methyl sites for hydroxylation is 2. The normalized spacial score (nSPS) is 10.3. The maximum Gasteiger partial charge on any atom is 2.00 e. The molecule has 0 saturated heterocycles. The van der Waals surface area contributed by atoms with Crippen molar-refractivity contribution in [2.75, 3.05) is 0 Å². The van der Waals surface area contributed by atoms with Crippen LogP contribution in [-0.2, 0) is 32.6 Å². The molecule has 0 bridgehead atoms. The predicted molar refractivity (Wildman–Crippen MR) is 151 cm³/mol. The third kappa shape index (κ3) is 6.34. The molecule has 0 unspecified atom stereocenters. The Morgan fingerprint density at radius 1 is 0.743 bits per heavy atom. The molecule has 0 atom stereocenters. The maximum absolute atomic E-state index is 4.59. The SMILES string of the molecule is CCc1cc2c(-c3cccc4cccnc34)cccc2[cH-]1.C[Si]C.Cc1cc2ccccc2[cH-]1.[Zr+2]. The summed E-state index contributed by atoms with van der Waals surface area (Å²) in [6, 6.07) is 34.5. The molecule has 35 heavy (non-hydrogen) atoms. The first-order valence-corrected chi connectivity index (χ1v) is 13.9. The van der Waals surface area contributed by atoms with Gasteiger partial charge in [-0.15, -0.1) is 75.1 Å². The van der Waals surface area contributed by atoms with Crippen molar-refractivity contribution in [3.63, 3.8) is 0 Å². The Balaban J connectivity index is 0.000000205. The molecule has 2 radical (unpaired) electrons. The first-order chi connectivity index (χ1) is 16.6. The zero-order valence-electron chi connectivity index (χ0n) is 21.0. The fraction of sp³-hybridized carbons (Fsp3) is 0.156. The van der Waals surface area contributed by atoms with Gasteiger partial charge in [-0.2, -0.15) is 12.1 Å². The molecular weight excluding hydrogens is 518 g/mol. The molecule has 6 rings (SSSR count). The molecule has 5 aromatic carbocycles. The molecule has 1 heterocycles. The van der Waals surface area contributed by atoms with Gasteiger partial charge in [0.15, 0.2) is 0 Å². The summed E-state index contributed by atoms with van der Waals surface area (Å²) < 4.78 is 0. The van der Waals surface area contributed by atoms with Crippen LogP contribution in [0.15, 0.2) is 103 Å². The summed E-state index contributed by atoms with van der Waals surface area (Å²) >= 11 is 0. The number of aromatic nitrogens is 1. The zero-order valence-corrected chi connectivity index (χ0v) is 24.4. The van der Waals surface area contributed by atoms with Gasteiger partial charge in [0.05, 0.1) is 5.52 Å². The van der Waals surface area contributed by atoms with Gasteiger partial charge in [-0.1, -0.05) is 68.9 Å². The summed E-state index contributed by atoms with van der Waals surface area (Å²) in [7, 11) is 1.08. The monoisotopic (exact) mass is 547 g/mol.